The van der Waals surface area contributed by atoms with Gasteiger partial charge in [-0.2, -0.15) is 18.3 Å². The molecule has 10 heteroatoms. The van der Waals surface area contributed by atoms with Crippen LogP contribution in [0.15, 0.2) is 36.5 Å². The zero-order valence-electron chi connectivity index (χ0n) is 16.3. The molecule has 1 N–H and O–H groups in total. The van der Waals surface area contributed by atoms with Crippen LogP contribution in [0.25, 0.3) is 11.0 Å². The smallest absolute Gasteiger partial charge is 0.309 e. The van der Waals surface area contributed by atoms with E-state index in [1.54, 1.807) is 0 Å². The number of nitrogens with zero attached hydrogens (tertiary/aromatic N) is 5. The van der Waals surface area contributed by atoms with Crippen molar-refractivity contribution in [3.8, 4) is 0 Å². The molecule has 29 heavy (non-hydrogen) atoms. The summed E-state index contributed by atoms with van der Waals surface area (Å²) in [5.41, 5.74) is 0.589. The molecule has 156 valence electrons. The minimum absolute atomic E-state index is 0.338. The van der Waals surface area contributed by atoms with Crippen LogP contribution in [-0.2, 0) is 24.1 Å². The van der Waals surface area contributed by atoms with Crippen LogP contribution in [0.4, 0.5) is 19.1 Å². The Balaban J connectivity index is 1.77. The predicted octanol–water partition coefficient (Wildman–Crippen LogP) is 3.23. The number of hydrogen-bond donors (Lipinski definition) is 1. The fourth-order valence-corrected chi connectivity index (χ4v) is 3.09. The number of fused-ring (bicyclic) bond motifs is 1. The van der Waals surface area contributed by atoms with E-state index < -0.39 is 17.8 Å². The van der Waals surface area contributed by atoms with Gasteiger partial charge in [-0.25, -0.2) is 4.98 Å². The molecule has 0 atom stereocenters. The first-order valence-electron chi connectivity index (χ1n) is 9.40. The number of hydrogen-bond acceptors (Lipinski definition) is 4. The van der Waals surface area contributed by atoms with Crippen molar-refractivity contribution >= 4 is 22.9 Å². The molecule has 0 bridgehead atoms. The van der Waals surface area contributed by atoms with Gasteiger partial charge in [-0.1, -0.05) is 26.0 Å². The van der Waals surface area contributed by atoms with Crippen LogP contribution in [0.2, 0.25) is 0 Å². The Morgan fingerprint density at radius 3 is 2.55 bits per heavy atom. The second kappa shape index (κ2) is 8.64. The van der Waals surface area contributed by atoms with Gasteiger partial charge in [-0.15, -0.1) is 0 Å². The molecule has 0 saturated heterocycles. The van der Waals surface area contributed by atoms with Crippen molar-refractivity contribution in [2.24, 2.45) is 0 Å². The van der Waals surface area contributed by atoms with E-state index in [4.69, 9.17) is 0 Å². The number of aromatic nitrogens is 4. The van der Waals surface area contributed by atoms with Crippen molar-refractivity contribution in [1.82, 2.24) is 24.2 Å². The molecular formula is C19H23F3N6O. The average Bonchev–Trinajstić information content (AvgIpc) is 3.27. The zero-order chi connectivity index (χ0) is 21.0. The molecule has 0 unspecified atom stereocenters. The lowest BCUT2D eigenvalue weighted by Crippen LogP contribution is -2.28. The van der Waals surface area contributed by atoms with E-state index in [2.05, 4.69) is 34.1 Å². The monoisotopic (exact) mass is 408 g/mol. The number of alkyl halides is 3. The maximum atomic E-state index is 12.7. The Hall–Kier alpha value is -2.88. The SMILES string of the molecule is CCN(CC)CCn1c(NC(=O)Cn2ccc(C(F)(F)F)n2)nc2ccccc21. The number of carbonyl (C=O) groups excluding carboxylic acids is 1. The highest BCUT2D eigenvalue weighted by Gasteiger charge is 2.33. The molecular weight excluding hydrogens is 385 g/mol. The molecule has 0 aliphatic carbocycles. The third-order valence-corrected chi connectivity index (χ3v) is 4.68. The number of amides is 1. The first-order chi connectivity index (χ1) is 13.8. The van der Waals surface area contributed by atoms with Crippen LogP contribution in [0, 0.1) is 0 Å². The van der Waals surface area contributed by atoms with Crippen molar-refractivity contribution in [3.63, 3.8) is 0 Å². The molecule has 0 fully saturated rings. The van der Waals surface area contributed by atoms with E-state index in [1.807, 2.05) is 28.8 Å². The summed E-state index contributed by atoms with van der Waals surface area (Å²) in [5.74, 6) is -0.132. The van der Waals surface area contributed by atoms with Crippen molar-refractivity contribution in [2.75, 3.05) is 25.0 Å². The van der Waals surface area contributed by atoms with Crippen molar-refractivity contribution < 1.29 is 18.0 Å². The molecule has 2 aromatic heterocycles. The highest BCUT2D eigenvalue weighted by molar-refractivity contribution is 5.91. The molecule has 2 heterocycles. The van der Waals surface area contributed by atoms with Crippen LogP contribution in [0.5, 0.6) is 0 Å². The summed E-state index contributed by atoms with van der Waals surface area (Å²) in [7, 11) is 0. The highest BCUT2D eigenvalue weighted by Crippen LogP contribution is 2.27. The van der Waals surface area contributed by atoms with Crippen molar-refractivity contribution in [1.29, 1.82) is 0 Å². The number of likely N-dealkylation sites (N-methyl/N-ethyl adjacent to an activating group) is 1. The van der Waals surface area contributed by atoms with E-state index in [-0.39, 0.29) is 6.54 Å². The molecule has 0 saturated carbocycles. The van der Waals surface area contributed by atoms with Gasteiger partial charge >= 0.3 is 6.18 Å². The van der Waals surface area contributed by atoms with Crippen LogP contribution < -0.4 is 5.32 Å². The maximum absolute atomic E-state index is 12.7. The van der Waals surface area contributed by atoms with Crippen LogP contribution >= 0.6 is 0 Å². The lowest BCUT2D eigenvalue weighted by molar-refractivity contribution is -0.141. The Morgan fingerprint density at radius 2 is 1.90 bits per heavy atom. The largest absolute Gasteiger partial charge is 0.435 e. The van der Waals surface area contributed by atoms with Gasteiger partial charge in [0.2, 0.25) is 11.9 Å². The number of imidazole rings is 1. The Labute approximate surface area is 166 Å². The Morgan fingerprint density at radius 1 is 1.17 bits per heavy atom. The van der Waals surface area contributed by atoms with E-state index in [9.17, 15) is 18.0 Å². The van der Waals surface area contributed by atoms with Gasteiger partial charge < -0.3 is 9.47 Å². The minimum Gasteiger partial charge on any atom is -0.309 e. The molecule has 3 rings (SSSR count). The third-order valence-electron chi connectivity index (χ3n) is 4.68. The summed E-state index contributed by atoms with van der Waals surface area (Å²) in [6, 6.07) is 8.36. The molecule has 0 aliphatic heterocycles. The second-order valence-corrected chi connectivity index (χ2v) is 6.55. The maximum Gasteiger partial charge on any atom is 0.435 e. The number of halogens is 3. The quantitative estimate of drug-likeness (QED) is 0.622. The summed E-state index contributed by atoms with van der Waals surface area (Å²) in [6.07, 6.45) is -3.41. The molecule has 1 aromatic carbocycles. The number of benzene rings is 1. The number of anilines is 1. The van der Waals surface area contributed by atoms with E-state index in [0.717, 1.165) is 47.6 Å². The molecule has 0 aliphatic rings. The van der Waals surface area contributed by atoms with Crippen LogP contribution in [-0.4, -0.2) is 49.8 Å². The first kappa shape index (κ1) is 20.8. The van der Waals surface area contributed by atoms with Crippen LogP contribution in [0.1, 0.15) is 19.5 Å². The van der Waals surface area contributed by atoms with E-state index in [0.29, 0.717) is 12.5 Å². The summed E-state index contributed by atoms with van der Waals surface area (Å²) >= 11 is 0. The first-order valence-corrected chi connectivity index (χ1v) is 9.40. The predicted molar refractivity (Wildman–Crippen MR) is 103 cm³/mol. The fraction of sp³-hybridized carbons (Fsp3) is 0.421. The summed E-state index contributed by atoms with van der Waals surface area (Å²) in [5, 5.41) is 6.12. The Kier molecular flexibility index (Phi) is 6.21. The Bertz CT molecular complexity index is 974. The topological polar surface area (TPSA) is 68.0 Å². The summed E-state index contributed by atoms with van der Waals surface area (Å²) in [4.78, 5) is 19.1. The number of nitrogens with one attached hydrogen (secondary N) is 1. The van der Waals surface area contributed by atoms with Crippen molar-refractivity contribution in [2.45, 2.75) is 33.1 Å². The molecule has 0 spiro atoms. The third kappa shape index (κ3) is 4.94. The number of rotatable bonds is 8. The molecule has 7 nitrogen and oxygen atoms in total. The average molecular weight is 408 g/mol. The number of para-hydroxylation sites is 2. The van der Waals surface area contributed by atoms with Gasteiger partial charge in [-0.05, 0) is 31.3 Å². The standard InChI is InChI=1S/C19H23F3N6O/c1-3-26(4-2)11-12-28-15-8-6-5-7-14(15)23-18(28)24-17(29)13-27-10-9-16(25-27)19(20,21)22/h5-10H,3-4,11-13H2,1-2H3,(H,23,24,29). The molecule has 1 amide bonds. The molecule has 0 radical (unpaired) electrons. The second-order valence-electron chi connectivity index (χ2n) is 6.55. The normalized spacial score (nSPS) is 12.1. The van der Waals surface area contributed by atoms with E-state index >= 15 is 0 Å². The van der Waals surface area contributed by atoms with Gasteiger partial charge in [0.15, 0.2) is 5.69 Å². The van der Waals surface area contributed by atoms with Gasteiger partial charge in [0.05, 0.1) is 11.0 Å². The van der Waals surface area contributed by atoms with Gasteiger partial charge in [0.1, 0.15) is 6.54 Å². The summed E-state index contributed by atoms with van der Waals surface area (Å²) in [6.45, 7) is 7.05. The van der Waals surface area contributed by atoms with Gasteiger partial charge in [-0.3, -0.25) is 14.8 Å². The zero-order valence-corrected chi connectivity index (χ0v) is 16.3. The summed E-state index contributed by atoms with van der Waals surface area (Å²) < 4.78 is 40.9. The number of carbonyl (C=O) groups is 1. The minimum atomic E-state index is -4.54. The van der Waals surface area contributed by atoms with Crippen LogP contribution in [0.3, 0.4) is 0 Å². The van der Waals surface area contributed by atoms with Crippen molar-refractivity contribution in [3.05, 3.63) is 42.2 Å². The van der Waals surface area contributed by atoms with E-state index in [1.165, 1.54) is 0 Å². The molecule has 3 aromatic rings. The highest BCUT2D eigenvalue weighted by atomic mass is 19.4. The lowest BCUT2D eigenvalue weighted by Gasteiger charge is -2.19. The van der Waals surface area contributed by atoms with Gasteiger partial charge in [0.25, 0.3) is 0 Å². The lowest BCUT2D eigenvalue weighted by atomic mass is 10.3. The van der Waals surface area contributed by atoms with Gasteiger partial charge in [0, 0.05) is 19.3 Å². The fourth-order valence-electron chi connectivity index (χ4n) is 3.09.